The predicted octanol–water partition coefficient (Wildman–Crippen LogP) is -0.800. The quantitative estimate of drug-likeness (QED) is 0.633. The van der Waals surface area contributed by atoms with Crippen LogP contribution in [0.2, 0.25) is 0 Å². The Kier molecular flexibility index (Phi) is 5.59. The van der Waals surface area contributed by atoms with Crippen LogP contribution < -0.4 is 16.0 Å². The Morgan fingerprint density at radius 2 is 2.09 bits per heavy atom. The second kappa shape index (κ2) is 7.44. The lowest BCUT2D eigenvalue weighted by atomic mass is 10.1. The molecule has 124 valence electrons. The highest BCUT2D eigenvalue weighted by Crippen LogP contribution is 2.20. The number of rotatable bonds is 4. The van der Waals surface area contributed by atoms with Crippen molar-refractivity contribution in [3.05, 3.63) is 0 Å². The van der Waals surface area contributed by atoms with E-state index in [2.05, 4.69) is 16.0 Å². The smallest absolute Gasteiger partial charge is 0.315 e. The Balaban J connectivity index is 1.69. The summed E-state index contributed by atoms with van der Waals surface area (Å²) >= 11 is 0. The molecule has 0 radical (unpaired) electrons. The van der Waals surface area contributed by atoms with Gasteiger partial charge in [0, 0.05) is 27.2 Å². The molecular formula is C14H24N4O4. The van der Waals surface area contributed by atoms with Crippen LogP contribution in [0.4, 0.5) is 4.79 Å². The lowest BCUT2D eigenvalue weighted by molar-refractivity contribution is -0.140. The van der Waals surface area contributed by atoms with E-state index in [1.54, 1.807) is 14.1 Å². The average molecular weight is 312 g/mol. The number of urea groups is 1. The maximum absolute atomic E-state index is 11.8. The van der Waals surface area contributed by atoms with Crippen molar-refractivity contribution in [3.63, 3.8) is 0 Å². The van der Waals surface area contributed by atoms with Crippen LogP contribution in [0.1, 0.15) is 25.7 Å². The molecule has 2 fully saturated rings. The first-order valence-electron chi connectivity index (χ1n) is 7.66. The third-order valence-electron chi connectivity index (χ3n) is 3.90. The van der Waals surface area contributed by atoms with Crippen molar-refractivity contribution >= 4 is 17.8 Å². The second-order valence-electron chi connectivity index (χ2n) is 5.90. The fraction of sp³-hybridized carbons (Fsp3) is 0.786. The summed E-state index contributed by atoms with van der Waals surface area (Å²) in [4.78, 5) is 36.6. The number of amides is 4. The van der Waals surface area contributed by atoms with E-state index in [1.165, 1.54) is 4.90 Å². The van der Waals surface area contributed by atoms with Crippen LogP contribution >= 0.6 is 0 Å². The zero-order valence-electron chi connectivity index (χ0n) is 13.1. The number of nitrogens with zero attached hydrogens (tertiary/aromatic N) is 1. The summed E-state index contributed by atoms with van der Waals surface area (Å²) in [5, 5.41) is 8.07. The molecule has 0 aromatic carbocycles. The van der Waals surface area contributed by atoms with Crippen molar-refractivity contribution in [2.45, 2.75) is 43.9 Å². The molecule has 0 saturated carbocycles. The largest absolute Gasteiger partial charge is 0.363 e. The molecule has 2 heterocycles. The normalized spacial score (nSPS) is 27.9. The van der Waals surface area contributed by atoms with Gasteiger partial charge in [0.05, 0.1) is 6.10 Å². The molecule has 0 aromatic rings. The minimum absolute atomic E-state index is 0.0502. The molecule has 2 aliphatic heterocycles. The van der Waals surface area contributed by atoms with Crippen molar-refractivity contribution in [3.8, 4) is 0 Å². The lowest BCUT2D eigenvalue weighted by Gasteiger charge is -2.23. The monoisotopic (exact) mass is 312 g/mol. The van der Waals surface area contributed by atoms with Crippen molar-refractivity contribution in [2.24, 2.45) is 0 Å². The first-order chi connectivity index (χ1) is 10.5. The maximum Gasteiger partial charge on any atom is 0.315 e. The number of hydrogen-bond acceptors (Lipinski definition) is 4. The summed E-state index contributed by atoms with van der Waals surface area (Å²) in [7, 11) is 3.39. The van der Waals surface area contributed by atoms with Gasteiger partial charge in [-0.05, 0) is 25.7 Å². The maximum atomic E-state index is 11.8. The van der Waals surface area contributed by atoms with Crippen molar-refractivity contribution in [1.29, 1.82) is 0 Å². The van der Waals surface area contributed by atoms with E-state index in [0.29, 0.717) is 25.9 Å². The van der Waals surface area contributed by atoms with Gasteiger partial charge in [-0.25, -0.2) is 4.79 Å². The van der Waals surface area contributed by atoms with Gasteiger partial charge in [0.25, 0.3) is 5.91 Å². The molecular weight excluding hydrogens is 288 g/mol. The van der Waals surface area contributed by atoms with Crippen molar-refractivity contribution in [1.82, 2.24) is 20.9 Å². The highest BCUT2D eigenvalue weighted by atomic mass is 16.5. The van der Waals surface area contributed by atoms with Gasteiger partial charge in [-0.3, -0.25) is 9.59 Å². The Hall–Kier alpha value is -1.83. The van der Waals surface area contributed by atoms with Gasteiger partial charge in [-0.15, -0.1) is 0 Å². The predicted molar refractivity (Wildman–Crippen MR) is 79.2 cm³/mol. The van der Waals surface area contributed by atoms with Crippen LogP contribution in [0.5, 0.6) is 0 Å². The van der Waals surface area contributed by atoms with E-state index in [-0.39, 0.29) is 23.9 Å². The fourth-order valence-corrected chi connectivity index (χ4v) is 2.65. The van der Waals surface area contributed by atoms with Gasteiger partial charge in [0.1, 0.15) is 12.1 Å². The molecule has 2 aliphatic rings. The minimum atomic E-state index is -0.471. The zero-order valence-corrected chi connectivity index (χ0v) is 13.1. The molecule has 3 atom stereocenters. The fourth-order valence-electron chi connectivity index (χ4n) is 2.65. The SMILES string of the molecule is CN(C)C(=O)C1CCC(CNC(=O)NC2CCCNC2=O)O1. The third kappa shape index (κ3) is 4.33. The average Bonchev–Trinajstić information content (AvgIpc) is 2.95. The Labute approximate surface area is 129 Å². The molecule has 0 bridgehead atoms. The third-order valence-corrected chi connectivity index (χ3v) is 3.90. The molecule has 0 aromatic heterocycles. The molecule has 0 aliphatic carbocycles. The molecule has 3 unspecified atom stereocenters. The zero-order chi connectivity index (χ0) is 16.1. The van der Waals surface area contributed by atoms with E-state index < -0.39 is 12.1 Å². The first-order valence-corrected chi connectivity index (χ1v) is 7.66. The lowest BCUT2D eigenvalue weighted by Crippen LogP contribution is -2.53. The van der Waals surface area contributed by atoms with E-state index in [9.17, 15) is 14.4 Å². The number of carbonyl (C=O) groups excluding carboxylic acids is 3. The number of ether oxygens (including phenoxy) is 1. The standard InChI is InChI=1S/C14H24N4O4/c1-18(2)13(20)11-6-5-9(22-11)8-16-14(21)17-10-4-3-7-15-12(10)19/h9-11H,3-8H2,1-2H3,(H,15,19)(H2,16,17,21). The number of likely N-dealkylation sites (N-methyl/N-ethyl adjacent to an activating group) is 1. The topological polar surface area (TPSA) is 99.8 Å². The highest BCUT2D eigenvalue weighted by molar-refractivity contribution is 5.87. The molecule has 22 heavy (non-hydrogen) atoms. The summed E-state index contributed by atoms with van der Waals surface area (Å²) in [6.45, 7) is 0.993. The second-order valence-corrected chi connectivity index (χ2v) is 5.90. The minimum Gasteiger partial charge on any atom is -0.363 e. The molecule has 2 saturated heterocycles. The highest BCUT2D eigenvalue weighted by Gasteiger charge is 2.32. The Morgan fingerprint density at radius 3 is 2.77 bits per heavy atom. The Bertz CT molecular complexity index is 441. The van der Waals surface area contributed by atoms with Crippen molar-refractivity contribution in [2.75, 3.05) is 27.2 Å². The molecule has 3 N–H and O–H groups in total. The van der Waals surface area contributed by atoms with Gasteiger partial charge >= 0.3 is 6.03 Å². The number of carbonyl (C=O) groups is 3. The van der Waals surface area contributed by atoms with Gasteiger partial charge in [-0.2, -0.15) is 0 Å². The van der Waals surface area contributed by atoms with Crippen LogP contribution in [0.3, 0.4) is 0 Å². The number of piperidine rings is 1. The molecule has 8 heteroatoms. The molecule has 2 rings (SSSR count). The summed E-state index contributed by atoms with van der Waals surface area (Å²) in [5.74, 6) is -0.194. The van der Waals surface area contributed by atoms with E-state index in [0.717, 1.165) is 12.8 Å². The molecule has 0 spiro atoms. The summed E-state index contributed by atoms with van der Waals surface area (Å²) in [5.41, 5.74) is 0. The first kappa shape index (κ1) is 16.5. The van der Waals surface area contributed by atoms with Crippen LogP contribution in [0, 0.1) is 0 Å². The van der Waals surface area contributed by atoms with Gasteiger partial charge in [0.2, 0.25) is 5.91 Å². The Morgan fingerprint density at radius 1 is 1.32 bits per heavy atom. The summed E-state index contributed by atoms with van der Waals surface area (Å²) < 4.78 is 5.63. The summed E-state index contributed by atoms with van der Waals surface area (Å²) in [6, 6.07) is -0.852. The molecule has 4 amide bonds. The van der Waals surface area contributed by atoms with Gasteiger partial charge < -0.3 is 25.6 Å². The van der Waals surface area contributed by atoms with Crippen LogP contribution in [-0.4, -0.2) is 68.2 Å². The van der Waals surface area contributed by atoms with Crippen LogP contribution in [0.25, 0.3) is 0 Å². The summed E-state index contributed by atoms with van der Waals surface area (Å²) in [6.07, 6.45) is 2.31. The van der Waals surface area contributed by atoms with Crippen LogP contribution in [-0.2, 0) is 14.3 Å². The van der Waals surface area contributed by atoms with E-state index >= 15 is 0 Å². The number of hydrogen-bond donors (Lipinski definition) is 3. The van der Waals surface area contributed by atoms with Crippen LogP contribution in [0.15, 0.2) is 0 Å². The van der Waals surface area contributed by atoms with Gasteiger partial charge in [-0.1, -0.05) is 0 Å². The van der Waals surface area contributed by atoms with E-state index in [4.69, 9.17) is 4.74 Å². The molecule has 8 nitrogen and oxygen atoms in total. The van der Waals surface area contributed by atoms with Gasteiger partial charge in [0.15, 0.2) is 0 Å². The van der Waals surface area contributed by atoms with Crippen molar-refractivity contribution < 1.29 is 19.1 Å². The van der Waals surface area contributed by atoms with E-state index in [1.807, 2.05) is 0 Å². The number of nitrogens with one attached hydrogen (secondary N) is 3.